The maximum Gasteiger partial charge on any atom is 0.349 e. The molecule has 2 aromatic rings. The fourth-order valence-electron chi connectivity index (χ4n) is 6.85. The fraction of sp³-hybridized carbons (Fsp3) is 0.586. The highest BCUT2D eigenvalue weighted by Crippen LogP contribution is 2.53. The average Bonchev–Trinajstić information content (AvgIpc) is 3.11. The first-order valence-electron chi connectivity index (χ1n) is 13.0. The van der Waals surface area contributed by atoms with Crippen LogP contribution >= 0.6 is 0 Å². The standard InChI is InChI=1S/C29H42N4O/c1-8-22(33-12-11-27(30)32-29(33)34)13-21-9-10-23-26(14-21)31-20(7)28(23)25-15-24(16(2)3)18(5)17(4)19(25)6/h9-12,14,17-20,22,24-25,28,31H,2,8,13,15H2,1,3-7H3,(H2,30,32,34). The molecule has 1 saturated carbocycles. The lowest BCUT2D eigenvalue weighted by molar-refractivity contribution is 0.0660. The predicted molar refractivity (Wildman–Crippen MR) is 142 cm³/mol. The number of hydrogen-bond acceptors (Lipinski definition) is 4. The van der Waals surface area contributed by atoms with Gasteiger partial charge in [0.1, 0.15) is 5.82 Å². The lowest BCUT2D eigenvalue weighted by Gasteiger charge is -2.47. The number of fused-ring (bicyclic) bond motifs is 1. The van der Waals surface area contributed by atoms with E-state index >= 15 is 0 Å². The molecule has 2 heterocycles. The summed E-state index contributed by atoms with van der Waals surface area (Å²) in [7, 11) is 0. The second-order valence-electron chi connectivity index (χ2n) is 11.1. The van der Waals surface area contributed by atoms with Gasteiger partial charge in [-0.2, -0.15) is 4.98 Å². The van der Waals surface area contributed by atoms with E-state index in [0.29, 0.717) is 41.5 Å². The van der Waals surface area contributed by atoms with Crippen LogP contribution in [0.4, 0.5) is 11.5 Å². The van der Waals surface area contributed by atoms with Gasteiger partial charge in [0.05, 0.1) is 0 Å². The van der Waals surface area contributed by atoms with Crippen molar-refractivity contribution >= 4 is 11.5 Å². The number of nitrogens with two attached hydrogens (primary N) is 1. The highest BCUT2D eigenvalue weighted by Gasteiger charge is 2.45. The highest BCUT2D eigenvalue weighted by atomic mass is 16.1. The third kappa shape index (κ3) is 4.42. The van der Waals surface area contributed by atoms with Crippen molar-refractivity contribution in [1.29, 1.82) is 0 Å². The molecule has 1 aliphatic carbocycles. The molecule has 0 radical (unpaired) electrons. The Morgan fingerprint density at radius 3 is 2.59 bits per heavy atom. The smallest absolute Gasteiger partial charge is 0.349 e. The van der Waals surface area contributed by atoms with Crippen LogP contribution in [0.3, 0.4) is 0 Å². The monoisotopic (exact) mass is 462 g/mol. The van der Waals surface area contributed by atoms with E-state index in [1.165, 1.54) is 28.8 Å². The van der Waals surface area contributed by atoms with Gasteiger partial charge in [0.25, 0.3) is 0 Å². The summed E-state index contributed by atoms with van der Waals surface area (Å²) >= 11 is 0. The molecule has 8 unspecified atom stereocenters. The lowest BCUT2D eigenvalue weighted by atomic mass is 9.58. The molecule has 1 aromatic heterocycles. The molecule has 0 amide bonds. The zero-order valence-corrected chi connectivity index (χ0v) is 21.7. The summed E-state index contributed by atoms with van der Waals surface area (Å²) in [5.74, 6) is 4.09. The molecule has 2 aliphatic rings. The second kappa shape index (κ2) is 9.59. The third-order valence-corrected chi connectivity index (χ3v) is 9.18. The van der Waals surface area contributed by atoms with Crippen molar-refractivity contribution < 1.29 is 0 Å². The molecule has 8 atom stereocenters. The Hall–Kier alpha value is -2.56. The topological polar surface area (TPSA) is 72.9 Å². The van der Waals surface area contributed by atoms with E-state index in [9.17, 15) is 4.79 Å². The molecule has 184 valence electrons. The Bertz CT molecular complexity index is 1110. The molecule has 1 aromatic carbocycles. The van der Waals surface area contributed by atoms with Crippen LogP contribution in [-0.2, 0) is 6.42 Å². The van der Waals surface area contributed by atoms with Crippen LogP contribution in [0.2, 0.25) is 0 Å². The molecule has 5 heteroatoms. The van der Waals surface area contributed by atoms with E-state index in [0.717, 1.165) is 12.8 Å². The lowest BCUT2D eigenvalue weighted by Crippen LogP contribution is -2.41. The molecule has 1 aliphatic heterocycles. The van der Waals surface area contributed by atoms with Crippen molar-refractivity contribution in [1.82, 2.24) is 9.55 Å². The Morgan fingerprint density at radius 2 is 1.94 bits per heavy atom. The molecule has 5 nitrogen and oxygen atoms in total. The Morgan fingerprint density at radius 1 is 1.21 bits per heavy atom. The minimum absolute atomic E-state index is 0.0605. The minimum atomic E-state index is -0.276. The maximum absolute atomic E-state index is 12.4. The van der Waals surface area contributed by atoms with Gasteiger partial charge in [-0.1, -0.05) is 52.0 Å². The van der Waals surface area contributed by atoms with Gasteiger partial charge in [-0.05, 0) is 86.0 Å². The summed E-state index contributed by atoms with van der Waals surface area (Å²) in [5, 5.41) is 3.81. The summed E-state index contributed by atoms with van der Waals surface area (Å²) in [6.45, 7) is 18.3. The normalized spacial score (nSPS) is 31.5. The second-order valence-corrected chi connectivity index (χ2v) is 11.1. The summed E-state index contributed by atoms with van der Waals surface area (Å²) in [4.78, 5) is 16.3. The molecule has 0 spiro atoms. The summed E-state index contributed by atoms with van der Waals surface area (Å²) in [6, 6.07) is 9.08. The van der Waals surface area contributed by atoms with Crippen molar-refractivity contribution in [3.8, 4) is 0 Å². The number of anilines is 2. The van der Waals surface area contributed by atoms with Crippen LogP contribution in [0.1, 0.15) is 77.5 Å². The molecular weight excluding hydrogens is 420 g/mol. The number of benzene rings is 1. The van der Waals surface area contributed by atoms with Crippen molar-refractivity contribution in [2.75, 3.05) is 11.1 Å². The summed E-state index contributed by atoms with van der Waals surface area (Å²) in [6.07, 6.45) is 4.65. The molecule has 4 rings (SSSR count). The van der Waals surface area contributed by atoms with Crippen molar-refractivity contribution in [3.63, 3.8) is 0 Å². The predicted octanol–water partition coefficient (Wildman–Crippen LogP) is 6.04. The minimum Gasteiger partial charge on any atom is -0.383 e. The number of nitrogen functional groups attached to an aromatic ring is 1. The van der Waals surface area contributed by atoms with Gasteiger partial charge >= 0.3 is 5.69 Å². The number of nitrogens with zero attached hydrogens (tertiary/aromatic N) is 2. The number of hydrogen-bond donors (Lipinski definition) is 2. The van der Waals surface area contributed by atoms with Crippen LogP contribution in [0.25, 0.3) is 0 Å². The van der Waals surface area contributed by atoms with Gasteiger partial charge in [-0.25, -0.2) is 4.79 Å². The number of aromatic nitrogens is 2. The number of nitrogens with one attached hydrogen (secondary N) is 1. The van der Waals surface area contributed by atoms with Gasteiger partial charge in [-0.15, -0.1) is 0 Å². The summed E-state index contributed by atoms with van der Waals surface area (Å²) < 4.78 is 1.71. The Balaban J connectivity index is 1.59. The van der Waals surface area contributed by atoms with E-state index in [1.807, 2.05) is 0 Å². The van der Waals surface area contributed by atoms with Gasteiger partial charge in [0, 0.05) is 29.9 Å². The van der Waals surface area contributed by atoms with Gasteiger partial charge < -0.3 is 11.1 Å². The average molecular weight is 463 g/mol. The first kappa shape index (κ1) is 24.6. The fourth-order valence-corrected chi connectivity index (χ4v) is 6.85. The zero-order valence-electron chi connectivity index (χ0n) is 21.7. The van der Waals surface area contributed by atoms with Crippen molar-refractivity contribution in [3.05, 3.63) is 64.2 Å². The molecular formula is C29H42N4O. The van der Waals surface area contributed by atoms with Crippen molar-refractivity contribution in [2.24, 2.45) is 29.6 Å². The van der Waals surface area contributed by atoms with Crippen molar-refractivity contribution in [2.45, 2.75) is 78.8 Å². The van der Waals surface area contributed by atoms with E-state index in [1.54, 1.807) is 16.8 Å². The molecule has 0 saturated heterocycles. The molecule has 34 heavy (non-hydrogen) atoms. The molecule has 1 fully saturated rings. The van der Waals surface area contributed by atoms with Gasteiger partial charge in [-0.3, -0.25) is 4.57 Å². The Labute approximate surface area is 204 Å². The van der Waals surface area contributed by atoms with Gasteiger partial charge in [0.2, 0.25) is 0 Å². The first-order chi connectivity index (χ1) is 16.1. The molecule has 0 bridgehead atoms. The SMILES string of the molecule is C=C(C)C1CC(C2c3ccc(CC(CC)n4ccc(N)nc4=O)cc3NC2C)C(C)C(C)C1C. The van der Waals surface area contributed by atoms with Crippen LogP contribution in [0, 0.1) is 29.6 Å². The largest absolute Gasteiger partial charge is 0.383 e. The quantitative estimate of drug-likeness (QED) is 0.514. The number of rotatable bonds is 6. The Kier molecular flexibility index (Phi) is 6.93. The van der Waals surface area contributed by atoms with Crippen LogP contribution < -0.4 is 16.7 Å². The maximum atomic E-state index is 12.4. The number of allylic oxidation sites excluding steroid dienone is 1. The zero-order chi connectivity index (χ0) is 24.7. The van der Waals surface area contributed by atoms with E-state index in [-0.39, 0.29) is 17.5 Å². The van der Waals surface area contributed by atoms with Crippen LogP contribution in [0.5, 0.6) is 0 Å². The highest BCUT2D eigenvalue weighted by molar-refractivity contribution is 5.61. The third-order valence-electron chi connectivity index (χ3n) is 9.18. The van der Waals surface area contributed by atoms with E-state index < -0.39 is 0 Å². The molecule has 3 N–H and O–H groups in total. The van der Waals surface area contributed by atoms with Gasteiger partial charge in [0.15, 0.2) is 0 Å². The van der Waals surface area contributed by atoms with Crippen LogP contribution in [-0.4, -0.2) is 15.6 Å². The van der Waals surface area contributed by atoms with Crippen LogP contribution in [0.15, 0.2) is 47.4 Å². The van der Waals surface area contributed by atoms with E-state index in [4.69, 9.17) is 5.73 Å². The first-order valence-corrected chi connectivity index (χ1v) is 13.0. The summed E-state index contributed by atoms with van der Waals surface area (Å²) in [5.41, 5.74) is 10.7. The van der Waals surface area contributed by atoms with E-state index in [2.05, 4.69) is 76.6 Å².